The fraction of sp³-hybridized carbons (Fsp3) is 0.207. The lowest BCUT2D eigenvalue weighted by molar-refractivity contribution is -0.384. The second-order valence-corrected chi connectivity index (χ2v) is 9.32. The first-order valence-electron chi connectivity index (χ1n) is 11.6. The molecule has 2 aliphatic heterocycles. The number of nitrogens with zero attached hydrogens (tertiary/aromatic N) is 4. The van der Waals surface area contributed by atoms with Crippen LogP contribution in [0.5, 0.6) is 0 Å². The number of hydrogen-bond acceptors (Lipinski definition) is 6. The molecule has 36 heavy (non-hydrogen) atoms. The summed E-state index contributed by atoms with van der Waals surface area (Å²) in [6.07, 6.45) is 3.71. The van der Waals surface area contributed by atoms with E-state index in [1.807, 2.05) is 67.3 Å². The van der Waals surface area contributed by atoms with Crippen LogP contribution in [-0.2, 0) is 0 Å². The maximum atomic E-state index is 14.3. The van der Waals surface area contributed by atoms with Crippen molar-refractivity contribution >= 4 is 23.2 Å². The molecule has 5 rings (SSSR count). The van der Waals surface area contributed by atoms with Crippen LogP contribution in [0.25, 0.3) is 6.08 Å². The zero-order chi connectivity index (χ0) is 25.6. The van der Waals surface area contributed by atoms with E-state index in [-0.39, 0.29) is 11.5 Å². The summed E-state index contributed by atoms with van der Waals surface area (Å²) in [6, 6.07) is 22.0. The Morgan fingerprint density at radius 3 is 2.36 bits per heavy atom. The number of ketones is 1. The van der Waals surface area contributed by atoms with Gasteiger partial charge in [0.25, 0.3) is 5.69 Å². The Morgan fingerprint density at radius 1 is 1.03 bits per heavy atom. The molecule has 7 heteroatoms. The minimum atomic E-state index is -1.60. The number of nitro benzene ring substituents is 1. The number of carbonyl (C=O) groups excluding carboxylic acids is 1. The summed E-state index contributed by atoms with van der Waals surface area (Å²) in [4.78, 5) is 27.0. The normalized spacial score (nSPS) is 21.1. The molecule has 3 aromatic carbocycles. The molecule has 3 aromatic rings. The number of non-ortho nitro benzene ring substituents is 1. The maximum absolute atomic E-state index is 14.3. The average Bonchev–Trinajstić information content (AvgIpc) is 3.19. The fourth-order valence-electron chi connectivity index (χ4n) is 5.66. The van der Waals surface area contributed by atoms with Crippen LogP contribution < -0.4 is 4.90 Å². The first-order valence-corrected chi connectivity index (χ1v) is 11.6. The lowest BCUT2D eigenvalue weighted by Crippen LogP contribution is -2.44. The Morgan fingerprint density at radius 2 is 1.72 bits per heavy atom. The van der Waals surface area contributed by atoms with Crippen LogP contribution in [0.4, 0.5) is 11.4 Å². The second-order valence-electron chi connectivity index (χ2n) is 9.32. The summed E-state index contributed by atoms with van der Waals surface area (Å²) in [5.41, 5.74) is 2.85. The van der Waals surface area contributed by atoms with Gasteiger partial charge in [-0.05, 0) is 36.6 Å². The molecule has 1 fully saturated rings. The van der Waals surface area contributed by atoms with E-state index >= 15 is 0 Å². The number of benzene rings is 3. The van der Waals surface area contributed by atoms with Gasteiger partial charge in [-0.3, -0.25) is 14.9 Å². The molecule has 0 N–H and O–H groups in total. The summed E-state index contributed by atoms with van der Waals surface area (Å²) in [5.74, 6) is -1.04. The van der Waals surface area contributed by atoms with Crippen molar-refractivity contribution in [2.75, 3.05) is 4.90 Å². The van der Waals surface area contributed by atoms with Gasteiger partial charge in [0, 0.05) is 29.3 Å². The Balaban J connectivity index is 1.78. The van der Waals surface area contributed by atoms with Crippen molar-refractivity contribution in [2.45, 2.75) is 31.8 Å². The highest BCUT2D eigenvalue weighted by atomic mass is 16.6. The number of Topliss-reactive ketones (excluding diaryl/α,β-unsaturated/α-hetero) is 1. The van der Waals surface area contributed by atoms with Crippen LogP contribution in [0.1, 0.15) is 38.5 Å². The first-order chi connectivity index (χ1) is 17.3. The molecule has 2 aliphatic rings. The monoisotopic (exact) mass is 474 g/mol. The number of nitriles is 2. The fourth-order valence-corrected chi connectivity index (χ4v) is 5.66. The molecule has 0 radical (unpaired) electrons. The Kier molecular flexibility index (Phi) is 5.42. The van der Waals surface area contributed by atoms with E-state index in [9.17, 15) is 25.4 Å². The molecule has 0 spiro atoms. The van der Waals surface area contributed by atoms with Gasteiger partial charge in [0.2, 0.25) is 0 Å². The van der Waals surface area contributed by atoms with Crippen molar-refractivity contribution in [2.24, 2.45) is 5.41 Å². The van der Waals surface area contributed by atoms with Crippen molar-refractivity contribution in [1.29, 1.82) is 10.5 Å². The molecule has 0 unspecified atom stereocenters. The van der Waals surface area contributed by atoms with Crippen LogP contribution in [0.2, 0.25) is 0 Å². The lowest BCUT2D eigenvalue weighted by atomic mass is 9.69. The van der Waals surface area contributed by atoms with Gasteiger partial charge in [-0.25, -0.2) is 0 Å². The van der Waals surface area contributed by atoms with E-state index in [1.165, 1.54) is 12.1 Å². The Labute approximate surface area is 208 Å². The lowest BCUT2D eigenvalue weighted by Gasteiger charge is -2.35. The van der Waals surface area contributed by atoms with Crippen molar-refractivity contribution in [3.63, 3.8) is 0 Å². The number of hydrogen-bond donors (Lipinski definition) is 0. The van der Waals surface area contributed by atoms with Crippen LogP contribution in [0, 0.1) is 52.0 Å². The van der Waals surface area contributed by atoms with Crippen molar-refractivity contribution in [3.05, 3.63) is 111 Å². The predicted octanol–water partition coefficient (Wildman–Crippen LogP) is 5.50. The molecule has 0 amide bonds. The maximum Gasteiger partial charge on any atom is 0.269 e. The molecule has 0 saturated carbocycles. The Bertz CT molecular complexity index is 1500. The third-order valence-corrected chi connectivity index (χ3v) is 7.29. The van der Waals surface area contributed by atoms with Crippen molar-refractivity contribution in [1.82, 2.24) is 0 Å². The highest BCUT2D eigenvalue weighted by Gasteiger charge is 2.63. The molecular formula is C29H22N4O3. The first kappa shape index (κ1) is 23.0. The van der Waals surface area contributed by atoms with E-state index < -0.39 is 28.3 Å². The van der Waals surface area contributed by atoms with E-state index in [1.54, 1.807) is 18.2 Å². The van der Waals surface area contributed by atoms with Crippen molar-refractivity contribution in [3.8, 4) is 12.1 Å². The molecule has 0 aromatic heterocycles. The minimum Gasteiger partial charge on any atom is -0.351 e. The molecule has 1 saturated heterocycles. The predicted molar refractivity (Wildman–Crippen MR) is 135 cm³/mol. The van der Waals surface area contributed by atoms with Crippen LogP contribution >= 0.6 is 0 Å². The van der Waals surface area contributed by atoms with Gasteiger partial charge in [0.15, 0.2) is 11.2 Å². The number of aryl methyl sites for hydroxylation is 2. The number of carbonyl (C=O) groups is 1. The van der Waals surface area contributed by atoms with Gasteiger partial charge in [0.05, 0.1) is 23.1 Å². The summed E-state index contributed by atoms with van der Waals surface area (Å²) in [5, 5.41) is 32.2. The SMILES string of the molecule is Cc1ccc(C(=O)[C@@H]2[C@@H](c3ccc([N+](=O)[O-])cc3)C(C#N)(C#N)[C@H]3C=Cc4ccccc4N23)c(C)c1. The van der Waals surface area contributed by atoms with Gasteiger partial charge in [0.1, 0.15) is 6.04 Å². The molecule has 176 valence electrons. The van der Waals surface area contributed by atoms with Gasteiger partial charge < -0.3 is 4.90 Å². The zero-order valence-corrected chi connectivity index (χ0v) is 19.8. The number of nitro groups is 1. The number of fused-ring (bicyclic) bond motifs is 3. The van der Waals surface area contributed by atoms with Crippen molar-refractivity contribution < 1.29 is 9.72 Å². The molecule has 2 heterocycles. The largest absolute Gasteiger partial charge is 0.351 e. The van der Waals surface area contributed by atoms with E-state index in [2.05, 4.69) is 12.1 Å². The van der Waals surface area contributed by atoms with E-state index in [0.29, 0.717) is 11.1 Å². The standard InChI is InChI=1S/C29H22N4O3/c1-18-7-13-23(19(2)15-18)28(34)27-26(21-8-11-22(12-9-21)33(35)36)29(16-30,17-31)25-14-10-20-5-3-4-6-24(20)32(25)27/h3-15,25-27H,1-2H3/t25-,26-,27+/m1/s1. The molecule has 0 bridgehead atoms. The minimum absolute atomic E-state index is 0.100. The molecular weight excluding hydrogens is 452 g/mol. The highest BCUT2D eigenvalue weighted by molar-refractivity contribution is 6.05. The summed E-state index contributed by atoms with van der Waals surface area (Å²) in [6.45, 7) is 3.83. The molecule has 7 nitrogen and oxygen atoms in total. The smallest absolute Gasteiger partial charge is 0.269 e. The summed E-state index contributed by atoms with van der Waals surface area (Å²) < 4.78 is 0. The van der Waals surface area contributed by atoms with Crippen LogP contribution in [0.15, 0.2) is 72.8 Å². The van der Waals surface area contributed by atoms with Crippen LogP contribution in [-0.4, -0.2) is 22.8 Å². The van der Waals surface area contributed by atoms with Gasteiger partial charge >= 0.3 is 0 Å². The topological polar surface area (TPSA) is 111 Å². The van der Waals surface area contributed by atoms with Gasteiger partial charge in [-0.2, -0.15) is 10.5 Å². The Hall–Kier alpha value is -4.75. The average molecular weight is 475 g/mol. The molecule has 3 atom stereocenters. The van der Waals surface area contributed by atoms with E-state index in [4.69, 9.17) is 0 Å². The third kappa shape index (κ3) is 3.29. The number of para-hydroxylation sites is 1. The summed E-state index contributed by atoms with van der Waals surface area (Å²) in [7, 11) is 0. The number of rotatable bonds is 4. The van der Waals surface area contributed by atoms with Crippen LogP contribution in [0.3, 0.4) is 0 Å². The highest BCUT2D eigenvalue weighted by Crippen LogP contribution is 2.55. The zero-order valence-electron chi connectivity index (χ0n) is 19.8. The summed E-state index contributed by atoms with van der Waals surface area (Å²) >= 11 is 0. The third-order valence-electron chi connectivity index (χ3n) is 7.29. The molecule has 0 aliphatic carbocycles. The van der Waals surface area contributed by atoms with E-state index in [0.717, 1.165) is 22.4 Å². The van der Waals surface area contributed by atoms with Gasteiger partial charge in [-0.15, -0.1) is 0 Å². The number of anilines is 1. The van der Waals surface area contributed by atoms with Gasteiger partial charge in [-0.1, -0.05) is 66.2 Å². The second kappa shape index (κ2) is 8.48. The quantitative estimate of drug-likeness (QED) is 0.281.